The Morgan fingerprint density at radius 3 is 2.72 bits per heavy atom. The number of carbonyl (C=O) groups is 1. The lowest BCUT2D eigenvalue weighted by molar-refractivity contribution is -0.137. The Morgan fingerprint density at radius 1 is 1.10 bits per heavy atom. The lowest BCUT2D eigenvalue weighted by Crippen LogP contribution is -2.10. The summed E-state index contributed by atoms with van der Waals surface area (Å²) in [5.41, 5.74) is 10.5. The Hall–Kier alpha value is -4.08. The van der Waals surface area contributed by atoms with Gasteiger partial charge in [-0.2, -0.15) is 5.10 Å². The molecule has 0 saturated carbocycles. The number of nitrogens with two attached hydrogens (primary N) is 1. The molecule has 0 atom stereocenters. The number of benzene rings is 1. The van der Waals surface area contributed by atoms with Gasteiger partial charge in [0.1, 0.15) is 12.2 Å². The van der Waals surface area contributed by atoms with E-state index < -0.39 is 5.97 Å². The first-order valence-corrected chi connectivity index (χ1v) is 8.82. The monoisotopic (exact) mass is 390 g/mol. The van der Waals surface area contributed by atoms with E-state index in [-0.39, 0.29) is 12.5 Å². The summed E-state index contributed by atoms with van der Waals surface area (Å²) in [5.74, 6) is -0.797. The number of carboxylic acids is 1. The van der Waals surface area contributed by atoms with Crippen molar-refractivity contribution in [2.75, 3.05) is 5.73 Å². The Kier molecular flexibility index (Phi) is 4.73. The number of aryl methyl sites for hydroxylation is 1. The normalized spacial score (nSPS) is 10.9. The molecule has 0 aliphatic heterocycles. The Balaban J connectivity index is 1.58. The van der Waals surface area contributed by atoms with Gasteiger partial charge >= 0.3 is 5.97 Å². The van der Waals surface area contributed by atoms with E-state index in [9.17, 15) is 4.79 Å². The first-order valence-electron chi connectivity index (χ1n) is 8.82. The first kappa shape index (κ1) is 18.3. The number of anilines is 1. The van der Waals surface area contributed by atoms with Crippen molar-refractivity contribution in [1.82, 2.24) is 34.7 Å². The van der Waals surface area contributed by atoms with E-state index in [4.69, 9.17) is 10.8 Å². The van der Waals surface area contributed by atoms with Crippen molar-refractivity contribution >= 4 is 11.9 Å². The van der Waals surface area contributed by atoms with Crippen molar-refractivity contribution in [3.8, 4) is 22.6 Å². The van der Waals surface area contributed by atoms with Gasteiger partial charge in [0.05, 0.1) is 29.8 Å². The second kappa shape index (κ2) is 7.50. The Labute approximate surface area is 165 Å². The quantitative estimate of drug-likeness (QED) is 0.506. The maximum atomic E-state index is 10.8. The standard InChI is InChI=1S/C19H18N8O2/c1-12-3-2-4-13(7-12)15-8-16(22-19(20)21-15)17-10-27(25-23-17)9-14-5-6-26(24-14)11-18(28)29/h2-8,10H,9,11H2,1H3,(H,28,29)(H2,20,21,22). The largest absolute Gasteiger partial charge is 0.480 e. The molecular weight excluding hydrogens is 372 g/mol. The van der Waals surface area contributed by atoms with Crippen LogP contribution < -0.4 is 5.73 Å². The van der Waals surface area contributed by atoms with Gasteiger partial charge < -0.3 is 10.8 Å². The zero-order valence-electron chi connectivity index (χ0n) is 15.6. The van der Waals surface area contributed by atoms with Crippen LogP contribution in [0.3, 0.4) is 0 Å². The molecule has 3 heterocycles. The highest BCUT2D eigenvalue weighted by Crippen LogP contribution is 2.24. The van der Waals surface area contributed by atoms with Crippen LogP contribution >= 0.6 is 0 Å². The van der Waals surface area contributed by atoms with Gasteiger partial charge in [-0.25, -0.2) is 14.6 Å². The minimum atomic E-state index is -0.951. The Morgan fingerprint density at radius 2 is 1.93 bits per heavy atom. The van der Waals surface area contributed by atoms with Crippen LogP contribution in [-0.4, -0.2) is 45.8 Å². The van der Waals surface area contributed by atoms with E-state index >= 15 is 0 Å². The van der Waals surface area contributed by atoms with Crippen LogP contribution in [-0.2, 0) is 17.9 Å². The molecule has 3 N–H and O–H groups in total. The van der Waals surface area contributed by atoms with E-state index in [0.29, 0.717) is 29.3 Å². The zero-order chi connectivity index (χ0) is 20.4. The highest BCUT2D eigenvalue weighted by molar-refractivity contribution is 5.67. The molecule has 3 aromatic heterocycles. The van der Waals surface area contributed by atoms with Crippen LogP contribution in [0.25, 0.3) is 22.6 Å². The second-order valence-electron chi connectivity index (χ2n) is 6.57. The van der Waals surface area contributed by atoms with E-state index in [1.165, 1.54) is 4.68 Å². The second-order valence-corrected chi connectivity index (χ2v) is 6.57. The van der Waals surface area contributed by atoms with Gasteiger partial charge in [-0.3, -0.25) is 9.48 Å². The number of hydrogen-bond donors (Lipinski definition) is 2. The lowest BCUT2D eigenvalue weighted by Gasteiger charge is -2.05. The summed E-state index contributed by atoms with van der Waals surface area (Å²) in [6, 6.07) is 11.5. The van der Waals surface area contributed by atoms with Gasteiger partial charge in [0.2, 0.25) is 5.95 Å². The Bertz CT molecular complexity index is 1180. The molecule has 10 heteroatoms. The van der Waals surface area contributed by atoms with Crippen LogP contribution in [0.15, 0.2) is 48.8 Å². The SMILES string of the molecule is Cc1cccc(-c2cc(-c3cn(Cc4ccn(CC(=O)O)n4)nn3)nc(N)n2)c1. The third-order valence-corrected chi connectivity index (χ3v) is 4.18. The topological polar surface area (TPSA) is 138 Å². The van der Waals surface area contributed by atoms with E-state index in [1.807, 2.05) is 37.3 Å². The molecule has 0 radical (unpaired) electrons. The minimum absolute atomic E-state index is 0.154. The molecule has 4 aromatic rings. The zero-order valence-corrected chi connectivity index (χ0v) is 15.6. The van der Waals surface area contributed by atoms with Crippen LogP contribution in [0.1, 0.15) is 11.3 Å². The molecule has 29 heavy (non-hydrogen) atoms. The van der Waals surface area contributed by atoms with E-state index in [2.05, 4.69) is 25.4 Å². The third-order valence-electron chi connectivity index (χ3n) is 4.18. The minimum Gasteiger partial charge on any atom is -0.480 e. The molecule has 0 spiro atoms. The molecule has 10 nitrogen and oxygen atoms in total. The third kappa shape index (κ3) is 4.26. The number of nitrogens with zero attached hydrogens (tertiary/aromatic N) is 7. The number of rotatable bonds is 6. The summed E-state index contributed by atoms with van der Waals surface area (Å²) in [6.45, 7) is 2.17. The van der Waals surface area contributed by atoms with E-state index in [1.54, 1.807) is 23.1 Å². The molecule has 0 saturated heterocycles. The van der Waals surface area contributed by atoms with Crippen molar-refractivity contribution in [3.63, 3.8) is 0 Å². The number of aliphatic carboxylic acids is 1. The average Bonchev–Trinajstić information content (AvgIpc) is 3.31. The van der Waals surface area contributed by atoms with Gasteiger partial charge in [0.15, 0.2) is 0 Å². The van der Waals surface area contributed by atoms with Crippen molar-refractivity contribution in [2.45, 2.75) is 20.0 Å². The molecule has 4 rings (SSSR count). The molecule has 0 unspecified atom stereocenters. The van der Waals surface area contributed by atoms with Crippen molar-refractivity contribution in [3.05, 3.63) is 60.0 Å². The van der Waals surface area contributed by atoms with Crippen LogP contribution in [0.5, 0.6) is 0 Å². The highest BCUT2D eigenvalue weighted by atomic mass is 16.4. The molecule has 0 amide bonds. The number of aromatic nitrogens is 7. The predicted molar refractivity (Wildman–Crippen MR) is 105 cm³/mol. The number of carboxylic acid groups (broad SMARTS) is 1. The lowest BCUT2D eigenvalue weighted by atomic mass is 10.1. The fourth-order valence-electron chi connectivity index (χ4n) is 2.92. The number of hydrogen-bond acceptors (Lipinski definition) is 7. The fourth-order valence-corrected chi connectivity index (χ4v) is 2.92. The fraction of sp³-hybridized carbons (Fsp3) is 0.158. The molecule has 146 valence electrons. The molecule has 0 fully saturated rings. The molecule has 1 aromatic carbocycles. The van der Waals surface area contributed by atoms with Crippen molar-refractivity contribution in [2.24, 2.45) is 0 Å². The maximum absolute atomic E-state index is 10.8. The van der Waals surface area contributed by atoms with Gasteiger partial charge in [0, 0.05) is 11.8 Å². The molecule has 0 aliphatic carbocycles. The first-order chi connectivity index (χ1) is 14.0. The summed E-state index contributed by atoms with van der Waals surface area (Å²) < 4.78 is 2.96. The highest BCUT2D eigenvalue weighted by Gasteiger charge is 2.12. The van der Waals surface area contributed by atoms with Gasteiger partial charge in [-0.15, -0.1) is 5.10 Å². The molecular formula is C19H18N8O2. The maximum Gasteiger partial charge on any atom is 0.325 e. The average molecular weight is 390 g/mol. The predicted octanol–water partition coefficient (Wildman–Crippen LogP) is 1.62. The smallest absolute Gasteiger partial charge is 0.325 e. The summed E-state index contributed by atoms with van der Waals surface area (Å²) in [6.07, 6.45) is 3.35. The van der Waals surface area contributed by atoms with Crippen molar-refractivity contribution in [1.29, 1.82) is 0 Å². The van der Waals surface area contributed by atoms with Crippen LogP contribution in [0.2, 0.25) is 0 Å². The number of nitrogen functional groups attached to an aromatic ring is 1. The summed E-state index contributed by atoms with van der Waals surface area (Å²) in [4.78, 5) is 19.4. The van der Waals surface area contributed by atoms with Gasteiger partial charge in [-0.1, -0.05) is 29.0 Å². The summed E-state index contributed by atoms with van der Waals surface area (Å²) in [7, 11) is 0. The summed E-state index contributed by atoms with van der Waals surface area (Å²) in [5, 5.41) is 21.3. The van der Waals surface area contributed by atoms with Gasteiger partial charge in [-0.05, 0) is 25.1 Å². The van der Waals surface area contributed by atoms with Gasteiger partial charge in [0.25, 0.3) is 0 Å². The van der Waals surface area contributed by atoms with Crippen molar-refractivity contribution < 1.29 is 9.90 Å². The summed E-state index contributed by atoms with van der Waals surface area (Å²) >= 11 is 0. The van der Waals surface area contributed by atoms with Crippen LogP contribution in [0, 0.1) is 6.92 Å². The van der Waals surface area contributed by atoms with E-state index in [0.717, 1.165) is 11.1 Å². The molecule has 0 aliphatic rings. The molecule has 0 bridgehead atoms. The van der Waals surface area contributed by atoms with Crippen LogP contribution in [0.4, 0.5) is 5.95 Å².